The fraction of sp³-hybridized carbons (Fsp3) is 0.727. The molecule has 0 bridgehead atoms. The molecule has 0 aromatic rings. The summed E-state index contributed by atoms with van der Waals surface area (Å²) in [6.45, 7) is 3.65. The first-order valence-electron chi connectivity index (χ1n) is 5.60. The molecule has 0 aromatic heterocycles. The summed E-state index contributed by atoms with van der Waals surface area (Å²) in [6, 6.07) is 0. The molecule has 5 heteroatoms. The summed E-state index contributed by atoms with van der Waals surface area (Å²) in [4.78, 5) is 13.7. The van der Waals surface area contributed by atoms with Crippen molar-refractivity contribution in [2.75, 3.05) is 6.61 Å². The van der Waals surface area contributed by atoms with Crippen molar-refractivity contribution in [3.8, 4) is 0 Å². The summed E-state index contributed by atoms with van der Waals surface area (Å²) < 4.78 is 4.40. The summed E-state index contributed by atoms with van der Waals surface area (Å²) in [5.74, 6) is -0.255. The highest BCUT2D eigenvalue weighted by atomic mass is 16.5. The van der Waals surface area contributed by atoms with E-state index in [4.69, 9.17) is 11.1 Å². The van der Waals surface area contributed by atoms with Crippen LogP contribution in [0.4, 0.5) is 0 Å². The molecular weight excluding hydrogens is 206 g/mol. The quantitative estimate of drug-likeness (QED) is 0.407. The number of nitrogens with two attached hydrogens (primary N) is 1. The van der Waals surface area contributed by atoms with Gasteiger partial charge in [0.2, 0.25) is 5.96 Å². The third-order valence-electron chi connectivity index (χ3n) is 2.06. The van der Waals surface area contributed by atoms with Crippen molar-refractivity contribution in [2.24, 2.45) is 10.7 Å². The zero-order chi connectivity index (χ0) is 12.4. The first kappa shape index (κ1) is 14.6. The molecule has 16 heavy (non-hydrogen) atoms. The van der Waals surface area contributed by atoms with Gasteiger partial charge in [0.1, 0.15) is 0 Å². The van der Waals surface area contributed by atoms with Crippen LogP contribution >= 0.6 is 0 Å². The lowest BCUT2D eigenvalue weighted by Gasteiger charge is -2.10. The van der Waals surface area contributed by atoms with Gasteiger partial charge in [-0.15, -0.1) is 0 Å². The fourth-order valence-corrected chi connectivity index (χ4v) is 1.45. The molecule has 1 saturated carbocycles. The van der Waals surface area contributed by atoms with E-state index < -0.39 is 0 Å². The van der Waals surface area contributed by atoms with Crippen molar-refractivity contribution in [3.63, 3.8) is 0 Å². The van der Waals surface area contributed by atoms with Gasteiger partial charge in [-0.05, 0) is 32.6 Å². The number of ether oxygens (including phenoxy) is 1. The molecule has 0 amide bonds. The van der Waals surface area contributed by atoms with Gasteiger partial charge in [-0.2, -0.15) is 0 Å². The number of carbonyl (C=O) groups excluding carboxylic acids is 1. The second kappa shape index (κ2) is 8.88. The summed E-state index contributed by atoms with van der Waals surface area (Å²) in [7, 11) is 0. The molecule has 0 atom stereocenters. The second-order valence-corrected chi connectivity index (χ2v) is 3.55. The molecule has 3 N–H and O–H groups in total. The van der Waals surface area contributed by atoms with Gasteiger partial charge in [-0.3, -0.25) is 10.2 Å². The molecule has 0 aromatic carbocycles. The van der Waals surface area contributed by atoms with Crippen LogP contribution in [0, 0.1) is 5.41 Å². The predicted molar refractivity (Wildman–Crippen MR) is 64.7 cm³/mol. The van der Waals surface area contributed by atoms with Crippen LogP contribution < -0.4 is 5.73 Å². The van der Waals surface area contributed by atoms with E-state index in [1.807, 2.05) is 0 Å². The Balaban J connectivity index is 0.000000325. The van der Waals surface area contributed by atoms with Gasteiger partial charge < -0.3 is 10.5 Å². The van der Waals surface area contributed by atoms with Crippen molar-refractivity contribution in [1.29, 1.82) is 5.41 Å². The van der Waals surface area contributed by atoms with Crippen LogP contribution in [0.5, 0.6) is 0 Å². The first-order chi connectivity index (χ1) is 7.56. The van der Waals surface area contributed by atoms with Crippen LogP contribution in [0.15, 0.2) is 4.99 Å². The Morgan fingerprint density at radius 3 is 2.31 bits per heavy atom. The number of nitrogens with zero attached hydrogens (tertiary/aromatic N) is 1. The Labute approximate surface area is 96.6 Å². The predicted octanol–water partition coefficient (Wildman–Crippen LogP) is 1.85. The zero-order valence-electron chi connectivity index (χ0n) is 10.1. The molecule has 1 aliphatic rings. The zero-order valence-corrected chi connectivity index (χ0v) is 10.1. The lowest BCUT2D eigenvalue weighted by atomic mass is 9.99. The highest BCUT2D eigenvalue weighted by Gasteiger charge is 2.05. The third-order valence-corrected chi connectivity index (χ3v) is 2.06. The van der Waals surface area contributed by atoms with Gasteiger partial charge in [-0.25, -0.2) is 4.99 Å². The van der Waals surface area contributed by atoms with E-state index >= 15 is 0 Å². The van der Waals surface area contributed by atoms with Crippen molar-refractivity contribution in [2.45, 2.75) is 46.0 Å². The molecule has 0 aliphatic heterocycles. The van der Waals surface area contributed by atoms with Gasteiger partial charge in [0.15, 0.2) is 0 Å². The summed E-state index contributed by atoms with van der Waals surface area (Å²) >= 11 is 0. The molecule has 0 saturated heterocycles. The molecule has 5 nitrogen and oxygen atoms in total. The van der Waals surface area contributed by atoms with Gasteiger partial charge in [0.25, 0.3) is 0 Å². The van der Waals surface area contributed by atoms with Crippen molar-refractivity contribution < 1.29 is 9.53 Å². The van der Waals surface area contributed by atoms with Gasteiger partial charge >= 0.3 is 5.97 Å². The largest absolute Gasteiger partial charge is 0.466 e. The average Bonchev–Trinajstić information content (AvgIpc) is 2.18. The van der Waals surface area contributed by atoms with Crippen LogP contribution in [0.2, 0.25) is 0 Å². The average molecular weight is 227 g/mol. The maximum atomic E-state index is 9.82. The number of hydrogen-bond acceptors (Lipinski definition) is 3. The lowest BCUT2D eigenvalue weighted by molar-refractivity contribution is -0.140. The molecule has 1 aliphatic carbocycles. The topological polar surface area (TPSA) is 88.5 Å². The van der Waals surface area contributed by atoms with E-state index in [9.17, 15) is 4.79 Å². The van der Waals surface area contributed by atoms with Crippen LogP contribution in [0.3, 0.4) is 0 Å². The number of esters is 1. The molecular formula is C11H21N3O2. The van der Waals surface area contributed by atoms with E-state index in [1.54, 1.807) is 6.92 Å². The smallest absolute Gasteiger partial charge is 0.302 e. The minimum Gasteiger partial charge on any atom is -0.466 e. The van der Waals surface area contributed by atoms with E-state index in [1.165, 1.54) is 26.2 Å². The summed E-state index contributed by atoms with van der Waals surface area (Å²) in [6.07, 6.45) is 5.81. The van der Waals surface area contributed by atoms with E-state index in [-0.39, 0.29) is 11.9 Å². The molecule has 92 valence electrons. The standard InChI is InChI=1S/C7H13N3.C4H8O2/c8-7(9)10-6-4-2-1-3-5-6;1-3-6-4(2)5/h1-5H2,(H3,8,9);3H2,1-2H3. The van der Waals surface area contributed by atoms with E-state index in [0.29, 0.717) is 6.61 Å². The maximum Gasteiger partial charge on any atom is 0.302 e. The number of rotatable bonds is 1. The van der Waals surface area contributed by atoms with Gasteiger partial charge in [0, 0.05) is 12.6 Å². The number of nitrogens with one attached hydrogen (secondary N) is 1. The van der Waals surface area contributed by atoms with E-state index in [0.717, 1.165) is 18.6 Å². The van der Waals surface area contributed by atoms with Crippen LogP contribution in [-0.2, 0) is 9.53 Å². The number of guanidine groups is 1. The Morgan fingerprint density at radius 2 is 2.00 bits per heavy atom. The third kappa shape index (κ3) is 9.18. The summed E-state index contributed by atoms with van der Waals surface area (Å²) in [5.41, 5.74) is 6.23. The maximum absolute atomic E-state index is 9.82. The lowest BCUT2D eigenvalue weighted by Crippen LogP contribution is -2.12. The SMILES string of the molecule is CCOC(C)=O.N=C(N)N=C1CCCCC1. The second-order valence-electron chi connectivity index (χ2n) is 3.55. The highest BCUT2D eigenvalue weighted by Crippen LogP contribution is 2.14. The van der Waals surface area contributed by atoms with Crippen molar-refractivity contribution in [1.82, 2.24) is 0 Å². The van der Waals surface area contributed by atoms with Crippen molar-refractivity contribution >= 4 is 17.6 Å². The van der Waals surface area contributed by atoms with Crippen molar-refractivity contribution in [3.05, 3.63) is 0 Å². The van der Waals surface area contributed by atoms with Crippen LogP contribution in [-0.4, -0.2) is 24.2 Å². The Morgan fingerprint density at radius 1 is 1.44 bits per heavy atom. The molecule has 1 fully saturated rings. The molecule has 0 unspecified atom stereocenters. The van der Waals surface area contributed by atoms with Gasteiger partial charge in [-0.1, -0.05) is 6.42 Å². The number of aliphatic imine (C=N–C) groups is 1. The Kier molecular flexibility index (Phi) is 8.11. The fourth-order valence-electron chi connectivity index (χ4n) is 1.45. The molecule has 0 radical (unpaired) electrons. The monoisotopic (exact) mass is 227 g/mol. The van der Waals surface area contributed by atoms with Gasteiger partial charge in [0.05, 0.1) is 6.61 Å². The minimum atomic E-state index is -0.211. The normalized spacial score (nSPS) is 14.5. The molecule has 0 heterocycles. The summed E-state index contributed by atoms with van der Waals surface area (Å²) in [5, 5.41) is 6.92. The first-order valence-corrected chi connectivity index (χ1v) is 5.60. The van der Waals surface area contributed by atoms with Crippen LogP contribution in [0.1, 0.15) is 46.0 Å². The van der Waals surface area contributed by atoms with E-state index in [2.05, 4.69) is 9.73 Å². The van der Waals surface area contributed by atoms with Crippen LogP contribution in [0.25, 0.3) is 0 Å². The Hall–Kier alpha value is -1.39. The molecule has 0 spiro atoms. The number of carbonyl (C=O) groups is 1. The number of hydrogen-bond donors (Lipinski definition) is 2. The molecule has 1 rings (SSSR count). The Bertz CT molecular complexity index is 254. The highest BCUT2D eigenvalue weighted by molar-refractivity contribution is 5.95. The minimum absolute atomic E-state index is 0.0445.